The van der Waals surface area contributed by atoms with Gasteiger partial charge in [0, 0.05) is 23.9 Å². The molecule has 2 aliphatic rings. The summed E-state index contributed by atoms with van der Waals surface area (Å²) in [5.41, 5.74) is 6.49. The molecule has 100 valence electrons. The minimum absolute atomic E-state index is 0.293. The quantitative estimate of drug-likeness (QED) is 0.792. The molecule has 1 aliphatic heterocycles. The van der Waals surface area contributed by atoms with Crippen LogP contribution in [-0.4, -0.2) is 41.1 Å². The highest BCUT2D eigenvalue weighted by molar-refractivity contribution is 8.00. The molecule has 3 heteroatoms. The number of thioether (sulfide) groups is 1. The average molecular weight is 256 g/mol. The first-order valence-corrected chi connectivity index (χ1v) is 8.34. The van der Waals surface area contributed by atoms with E-state index in [0.717, 1.165) is 12.5 Å². The third-order valence-corrected chi connectivity index (χ3v) is 5.99. The van der Waals surface area contributed by atoms with E-state index in [-0.39, 0.29) is 0 Å². The first kappa shape index (κ1) is 13.7. The maximum atomic E-state index is 6.20. The highest BCUT2D eigenvalue weighted by Gasteiger charge is 2.43. The number of nitrogens with two attached hydrogens (primary N) is 1. The van der Waals surface area contributed by atoms with Gasteiger partial charge in [-0.15, -0.1) is 0 Å². The SMILES string of the molecule is CCCN(CC1CC1)C1(CN)CCCSC1C. The Kier molecular flexibility index (Phi) is 4.79. The molecule has 1 saturated heterocycles. The van der Waals surface area contributed by atoms with Crippen LogP contribution in [0.3, 0.4) is 0 Å². The summed E-state index contributed by atoms with van der Waals surface area (Å²) in [7, 11) is 0. The maximum absolute atomic E-state index is 6.20. The summed E-state index contributed by atoms with van der Waals surface area (Å²) in [6.45, 7) is 8.07. The van der Waals surface area contributed by atoms with Crippen molar-refractivity contribution in [3.05, 3.63) is 0 Å². The maximum Gasteiger partial charge on any atom is 0.0447 e. The zero-order valence-corrected chi connectivity index (χ0v) is 12.3. The van der Waals surface area contributed by atoms with Crippen molar-refractivity contribution >= 4 is 11.8 Å². The highest BCUT2D eigenvalue weighted by atomic mass is 32.2. The Balaban J connectivity index is 2.09. The van der Waals surface area contributed by atoms with Gasteiger partial charge in [-0.3, -0.25) is 4.90 Å². The molecule has 0 radical (unpaired) electrons. The molecule has 2 unspecified atom stereocenters. The zero-order chi connectivity index (χ0) is 12.3. The molecule has 0 aromatic rings. The third-order valence-electron chi connectivity index (χ3n) is 4.53. The predicted molar refractivity (Wildman–Crippen MR) is 77.5 cm³/mol. The van der Waals surface area contributed by atoms with Crippen molar-refractivity contribution < 1.29 is 0 Å². The molecule has 2 rings (SSSR count). The second-order valence-electron chi connectivity index (χ2n) is 5.81. The summed E-state index contributed by atoms with van der Waals surface area (Å²) in [6.07, 6.45) is 6.80. The van der Waals surface area contributed by atoms with E-state index in [0.29, 0.717) is 10.8 Å². The number of rotatable bonds is 6. The van der Waals surface area contributed by atoms with Crippen molar-refractivity contribution in [1.29, 1.82) is 0 Å². The van der Waals surface area contributed by atoms with Crippen LogP contribution in [-0.2, 0) is 0 Å². The van der Waals surface area contributed by atoms with Crippen LogP contribution in [0.4, 0.5) is 0 Å². The fourth-order valence-electron chi connectivity index (χ4n) is 3.19. The Hall–Kier alpha value is 0.270. The van der Waals surface area contributed by atoms with E-state index in [9.17, 15) is 0 Å². The first-order chi connectivity index (χ1) is 8.23. The van der Waals surface area contributed by atoms with Gasteiger partial charge in [-0.05, 0) is 50.3 Å². The Bertz CT molecular complexity index is 242. The monoisotopic (exact) mass is 256 g/mol. The van der Waals surface area contributed by atoms with Crippen LogP contribution in [0.15, 0.2) is 0 Å². The largest absolute Gasteiger partial charge is 0.329 e. The molecule has 0 aromatic heterocycles. The van der Waals surface area contributed by atoms with Crippen LogP contribution in [0.25, 0.3) is 0 Å². The minimum atomic E-state index is 0.293. The van der Waals surface area contributed by atoms with Crippen molar-refractivity contribution in [2.45, 2.75) is 56.7 Å². The topological polar surface area (TPSA) is 29.3 Å². The summed E-state index contributed by atoms with van der Waals surface area (Å²) in [4.78, 5) is 2.75. The fourth-order valence-corrected chi connectivity index (χ4v) is 4.52. The molecule has 2 N–H and O–H groups in total. The van der Waals surface area contributed by atoms with Gasteiger partial charge in [-0.1, -0.05) is 13.8 Å². The van der Waals surface area contributed by atoms with E-state index in [4.69, 9.17) is 5.73 Å². The molecule has 0 amide bonds. The first-order valence-electron chi connectivity index (χ1n) is 7.29. The van der Waals surface area contributed by atoms with Gasteiger partial charge >= 0.3 is 0 Å². The second-order valence-corrected chi connectivity index (χ2v) is 7.26. The molecule has 17 heavy (non-hydrogen) atoms. The molecule has 1 saturated carbocycles. The van der Waals surface area contributed by atoms with Gasteiger partial charge < -0.3 is 5.73 Å². The lowest BCUT2D eigenvalue weighted by molar-refractivity contribution is 0.0764. The van der Waals surface area contributed by atoms with Crippen molar-refractivity contribution in [2.24, 2.45) is 11.7 Å². The Morgan fingerprint density at radius 3 is 2.71 bits per heavy atom. The van der Waals surface area contributed by atoms with Crippen molar-refractivity contribution in [3.63, 3.8) is 0 Å². The van der Waals surface area contributed by atoms with E-state index in [2.05, 4.69) is 30.5 Å². The van der Waals surface area contributed by atoms with E-state index in [1.165, 1.54) is 50.9 Å². The van der Waals surface area contributed by atoms with Crippen LogP contribution in [0, 0.1) is 5.92 Å². The second kappa shape index (κ2) is 5.94. The Labute approximate surface area is 111 Å². The van der Waals surface area contributed by atoms with E-state index >= 15 is 0 Å². The lowest BCUT2D eigenvalue weighted by Gasteiger charge is -2.50. The van der Waals surface area contributed by atoms with E-state index in [1.807, 2.05) is 0 Å². The lowest BCUT2D eigenvalue weighted by atomic mass is 9.87. The van der Waals surface area contributed by atoms with Gasteiger partial charge in [0.05, 0.1) is 0 Å². The van der Waals surface area contributed by atoms with Gasteiger partial charge in [0.2, 0.25) is 0 Å². The zero-order valence-electron chi connectivity index (χ0n) is 11.5. The van der Waals surface area contributed by atoms with Crippen molar-refractivity contribution in [3.8, 4) is 0 Å². The summed E-state index contributed by atoms with van der Waals surface area (Å²) < 4.78 is 0. The summed E-state index contributed by atoms with van der Waals surface area (Å²) in [5, 5.41) is 0.701. The normalized spacial score (nSPS) is 34.2. The summed E-state index contributed by atoms with van der Waals surface area (Å²) in [6, 6.07) is 0. The van der Waals surface area contributed by atoms with Crippen LogP contribution < -0.4 is 5.73 Å². The average Bonchev–Trinajstić information content (AvgIpc) is 3.14. The molecule has 0 bridgehead atoms. The van der Waals surface area contributed by atoms with Crippen LogP contribution in [0.1, 0.15) is 46.0 Å². The summed E-state index contributed by atoms with van der Waals surface area (Å²) >= 11 is 2.13. The minimum Gasteiger partial charge on any atom is -0.329 e. The van der Waals surface area contributed by atoms with Crippen molar-refractivity contribution in [2.75, 3.05) is 25.4 Å². The number of hydrogen-bond acceptors (Lipinski definition) is 3. The molecule has 2 nitrogen and oxygen atoms in total. The molecule has 2 atom stereocenters. The van der Waals surface area contributed by atoms with Gasteiger partial charge in [0.25, 0.3) is 0 Å². The molecule has 2 fully saturated rings. The molecule has 1 aliphatic carbocycles. The lowest BCUT2D eigenvalue weighted by Crippen LogP contribution is -2.61. The van der Waals surface area contributed by atoms with Gasteiger partial charge in [0.1, 0.15) is 0 Å². The van der Waals surface area contributed by atoms with Gasteiger partial charge in [-0.25, -0.2) is 0 Å². The summed E-state index contributed by atoms with van der Waals surface area (Å²) in [5.74, 6) is 2.30. The van der Waals surface area contributed by atoms with Crippen LogP contribution in [0.5, 0.6) is 0 Å². The standard InChI is InChI=1S/C14H28N2S/c1-3-8-16(10-13-5-6-13)14(11-15)7-4-9-17-12(14)2/h12-13H,3-11,15H2,1-2H3. The molecule has 0 aromatic carbocycles. The molecule has 1 heterocycles. The van der Waals surface area contributed by atoms with Gasteiger partial charge in [-0.2, -0.15) is 11.8 Å². The van der Waals surface area contributed by atoms with Crippen LogP contribution >= 0.6 is 11.8 Å². The van der Waals surface area contributed by atoms with Crippen LogP contribution in [0.2, 0.25) is 0 Å². The highest BCUT2D eigenvalue weighted by Crippen LogP contribution is 2.40. The van der Waals surface area contributed by atoms with Gasteiger partial charge in [0.15, 0.2) is 0 Å². The fraction of sp³-hybridized carbons (Fsp3) is 1.00. The van der Waals surface area contributed by atoms with E-state index < -0.39 is 0 Å². The molecular formula is C14H28N2S. The molecular weight excluding hydrogens is 228 g/mol. The predicted octanol–water partition coefficient (Wildman–Crippen LogP) is 2.72. The Morgan fingerprint density at radius 1 is 1.41 bits per heavy atom. The van der Waals surface area contributed by atoms with E-state index in [1.54, 1.807) is 0 Å². The third kappa shape index (κ3) is 2.99. The Morgan fingerprint density at radius 2 is 2.18 bits per heavy atom. The van der Waals surface area contributed by atoms with Crippen molar-refractivity contribution in [1.82, 2.24) is 4.90 Å². The molecule has 0 spiro atoms. The number of hydrogen-bond donors (Lipinski definition) is 1. The smallest absolute Gasteiger partial charge is 0.0447 e. The number of nitrogens with zero attached hydrogens (tertiary/aromatic N) is 1.